The first-order valence-electron chi connectivity index (χ1n) is 19.7. The first-order chi connectivity index (χ1) is 24.5. The summed E-state index contributed by atoms with van der Waals surface area (Å²) in [6.45, 7) is 11.6. The number of benzene rings is 5. The predicted octanol–water partition coefficient (Wildman–Crippen LogP) is 11.4. The van der Waals surface area contributed by atoms with Crippen molar-refractivity contribution in [2.45, 2.75) is 112 Å². The molecule has 0 atom stereocenters. The van der Waals surface area contributed by atoms with Gasteiger partial charge in [0.1, 0.15) is 0 Å². The number of hydrogen-bond acceptors (Lipinski definition) is 2. The van der Waals surface area contributed by atoms with Gasteiger partial charge in [0.05, 0.1) is 0 Å². The van der Waals surface area contributed by atoms with Crippen molar-refractivity contribution in [3.63, 3.8) is 0 Å². The van der Waals surface area contributed by atoms with Crippen LogP contribution in [0.5, 0.6) is 0 Å². The Hall–Kier alpha value is -4.24. The molecule has 5 aromatic carbocycles. The first-order valence-corrected chi connectivity index (χ1v) is 19.7. The minimum atomic E-state index is 0.175. The fourth-order valence-corrected chi connectivity index (χ4v) is 8.26. The summed E-state index contributed by atoms with van der Waals surface area (Å²) in [6, 6.07) is 38.5. The van der Waals surface area contributed by atoms with Gasteiger partial charge in [0.2, 0.25) is 0 Å². The fraction of sp³-hybridized carbons (Fsp3) is 0.362. The highest BCUT2D eigenvalue weighted by molar-refractivity contribution is 7.00. The van der Waals surface area contributed by atoms with Gasteiger partial charge >= 0.3 is 0 Å². The molecule has 0 bridgehead atoms. The zero-order valence-electron chi connectivity index (χ0n) is 31.2. The molecule has 3 heteroatoms. The molecule has 0 spiro atoms. The molecule has 0 unspecified atom stereocenters. The maximum Gasteiger partial charge on any atom is 0.252 e. The Balaban J connectivity index is 1.47. The molecule has 0 saturated carbocycles. The van der Waals surface area contributed by atoms with Gasteiger partial charge in [-0.25, -0.2) is 0 Å². The lowest BCUT2D eigenvalue weighted by atomic mass is 9.33. The Morgan fingerprint density at radius 3 is 1.16 bits per heavy atom. The highest BCUT2D eigenvalue weighted by Gasteiger charge is 2.43. The van der Waals surface area contributed by atoms with Crippen molar-refractivity contribution in [2.75, 3.05) is 9.80 Å². The van der Waals surface area contributed by atoms with Crippen molar-refractivity contribution in [2.24, 2.45) is 0 Å². The third kappa shape index (κ3) is 6.64. The van der Waals surface area contributed by atoms with Crippen LogP contribution in [0, 0.1) is 6.92 Å². The van der Waals surface area contributed by atoms with E-state index in [1.807, 2.05) is 0 Å². The van der Waals surface area contributed by atoms with Crippen LogP contribution < -0.4 is 26.2 Å². The maximum absolute atomic E-state index is 2.57. The molecule has 0 N–H and O–H groups in total. The molecule has 2 nitrogen and oxygen atoms in total. The predicted molar refractivity (Wildman–Crippen MR) is 220 cm³/mol. The summed E-state index contributed by atoms with van der Waals surface area (Å²) in [6.07, 6.45) is 14.3. The van der Waals surface area contributed by atoms with Crippen LogP contribution in [0.4, 0.5) is 34.1 Å². The van der Waals surface area contributed by atoms with Crippen molar-refractivity contribution in [1.29, 1.82) is 0 Å². The highest BCUT2D eigenvalue weighted by Crippen LogP contribution is 2.44. The van der Waals surface area contributed by atoms with Crippen LogP contribution in [-0.4, -0.2) is 6.71 Å². The average molecular weight is 659 g/mol. The van der Waals surface area contributed by atoms with Crippen LogP contribution >= 0.6 is 0 Å². The van der Waals surface area contributed by atoms with E-state index >= 15 is 0 Å². The summed E-state index contributed by atoms with van der Waals surface area (Å²) in [4.78, 5) is 5.14. The van der Waals surface area contributed by atoms with E-state index < -0.39 is 0 Å². The van der Waals surface area contributed by atoms with Gasteiger partial charge in [0.15, 0.2) is 0 Å². The molecule has 50 heavy (non-hydrogen) atoms. The summed E-state index contributed by atoms with van der Waals surface area (Å²) >= 11 is 0. The normalized spacial score (nSPS) is 12.9. The van der Waals surface area contributed by atoms with Crippen molar-refractivity contribution >= 4 is 57.2 Å². The molecule has 0 amide bonds. The van der Waals surface area contributed by atoms with Gasteiger partial charge in [0, 0.05) is 34.1 Å². The number of rotatable bonds is 14. The Morgan fingerprint density at radius 1 is 0.420 bits per heavy atom. The van der Waals surface area contributed by atoms with E-state index in [4.69, 9.17) is 0 Å². The molecule has 0 radical (unpaired) electrons. The zero-order chi connectivity index (χ0) is 34.6. The molecule has 0 aromatic heterocycles. The molecule has 7 rings (SSSR count). The Morgan fingerprint density at radius 2 is 0.780 bits per heavy atom. The van der Waals surface area contributed by atoms with E-state index in [2.05, 4.69) is 141 Å². The molecular weight excluding hydrogens is 603 g/mol. The van der Waals surface area contributed by atoms with Gasteiger partial charge in [0.25, 0.3) is 6.71 Å². The lowest BCUT2D eigenvalue weighted by molar-refractivity contribution is 0.795. The summed E-state index contributed by atoms with van der Waals surface area (Å²) in [5, 5.41) is 0. The van der Waals surface area contributed by atoms with Crippen molar-refractivity contribution in [1.82, 2.24) is 0 Å². The van der Waals surface area contributed by atoms with Gasteiger partial charge in [-0.3, -0.25) is 0 Å². The Bertz CT molecular complexity index is 1790. The smallest absolute Gasteiger partial charge is 0.252 e. The number of hydrogen-bond donors (Lipinski definition) is 0. The third-order valence-corrected chi connectivity index (χ3v) is 11.0. The van der Waals surface area contributed by atoms with Crippen LogP contribution in [0.15, 0.2) is 97.1 Å². The summed E-state index contributed by atoms with van der Waals surface area (Å²) in [5.41, 5.74) is 19.1. The third-order valence-electron chi connectivity index (χ3n) is 11.0. The SMILES string of the molecule is CCCCc1ccc(N2c3ccc(CCCC)cc3B3c4cc(CCCC)ccc4N(c4ccc(CCCC)cc4)c4cc(C)cc2c43)cc1. The number of aryl methyl sites for hydroxylation is 5. The Labute approximate surface area is 302 Å². The first kappa shape index (κ1) is 34.2. The monoisotopic (exact) mass is 658 g/mol. The molecule has 0 aliphatic carbocycles. The van der Waals surface area contributed by atoms with Crippen molar-refractivity contribution in [3.05, 3.63) is 125 Å². The minimum Gasteiger partial charge on any atom is -0.311 e. The summed E-state index contributed by atoms with van der Waals surface area (Å²) in [7, 11) is 0. The second-order valence-corrected chi connectivity index (χ2v) is 14.9. The molecule has 0 fully saturated rings. The standard InChI is InChI=1S/C47H55BN2/c1-6-10-14-35-18-24-39(25-19-35)49-43-28-22-37(16-12-8-3)32-41(43)48-42-33-38(17-13-9-4)23-29-44(42)50(46-31-34(5)30-45(49)47(46)48)40-26-20-36(21-27-40)15-11-7-2/h18-33H,6-17H2,1-5H3. The van der Waals surface area contributed by atoms with Crippen LogP contribution in [0.25, 0.3) is 0 Å². The molecular formula is C47H55BN2. The van der Waals surface area contributed by atoms with Gasteiger partial charge in [-0.05, 0) is 151 Å². The zero-order valence-corrected chi connectivity index (χ0v) is 31.2. The van der Waals surface area contributed by atoms with E-state index in [0.29, 0.717) is 0 Å². The molecule has 2 aliphatic rings. The largest absolute Gasteiger partial charge is 0.311 e. The van der Waals surface area contributed by atoms with Gasteiger partial charge in [-0.1, -0.05) is 102 Å². The van der Waals surface area contributed by atoms with E-state index in [9.17, 15) is 0 Å². The second kappa shape index (κ2) is 15.3. The van der Waals surface area contributed by atoms with Crippen LogP contribution in [-0.2, 0) is 25.7 Å². The van der Waals surface area contributed by atoms with E-state index in [-0.39, 0.29) is 6.71 Å². The molecule has 0 saturated heterocycles. The highest BCUT2D eigenvalue weighted by atomic mass is 15.2. The topological polar surface area (TPSA) is 6.48 Å². The lowest BCUT2D eigenvalue weighted by Gasteiger charge is -2.44. The van der Waals surface area contributed by atoms with Gasteiger partial charge in [-0.15, -0.1) is 0 Å². The average Bonchev–Trinajstić information content (AvgIpc) is 3.15. The number of nitrogens with zero attached hydrogens (tertiary/aromatic N) is 2. The van der Waals surface area contributed by atoms with Gasteiger partial charge < -0.3 is 9.80 Å². The minimum absolute atomic E-state index is 0.175. The van der Waals surface area contributed by atoms with Crippen LogP contribution in [0.2, 0.25) is 0 Å². The molecule has 2 heterocycles. The molecule has 2 aliphatic heterocycles. The molecule has 256 valence electrons. The summed E-state index contributed by atoms with van der Waals surface area (Å²) < 4.78 is 0. The maximum atomic E-state index is 2.57. The number of unbranched alkanes of at least 4 members (excludes halogenated alkanes) is 4. The number of anilines is 6. The van der Waals surface area contributed by atoms with E-state index in [1.54, 1.807) is 0 Å². The Kier molecular flexibility index (Phi) is 10.5. The quantitative estimate of drug-likeness (QED) is 0.107. The van der Waals surface area contributed by atoms with Crippen LogP contribution in [0.3, 0.4) is 0 Å². The number of fused-ring (bicyclic) bond motifs is 4. The van der Waals surface area contributed by atoms with Crippen LogP contribution in [0.1, 0.15) is 107 Å². The second-order valence-electron chi connectivity index (χ2n) is 14.9. The van der Waals surface area contributed by atoms with Crippen molar-refractivity contribution in [3.8, 4) is 0 Å². The van der Waals surface area contributed by atoms with E-state index in [1.165, 1.54) is 130 Å². The summed E-state index contributed by atoms with van der Waals surface area (Å²) in [5.74, 6) is 0. The fourth-order valence-electron chi connectivity index (χ4n) is 8.26. The van der Waals surface area contributed by atoms with Gasteiger partial charge in [-0.2, -0.15) is 0 Å². The molecule has 5 aromatic rings. The van der Waals surface area contributed by atoms with Crippen molar-refractivity contribution < 1.29 is 0 Å². The lowest BCUT2D eigenvalue weighted by Crippen LogP contribution is -2.61. The van der Waals surface area contributed by atoms with E-state index in [0.717, 1.165) is 25.7 Å².